The predicted molar refractivity (Wildman–Crippen MR) is 67.8 cm³/mol. The molecule has 0 fully saturated rings. The molecule has 1 aromatic carbocycles. The van der Waals surface area contributed by atoms with Gasteiger partial charge in [0.25, 0.3) is 0 Å². The maximum absolute atomic E-state index is 11.9. The molecule has 0 saturated heterocycles. The number of rotatable bonds is 1. The molecule has 2 aromatic heterocycles. The van der Waals surface area contributed by atoms with Crippen molar-refractivity contribution in [1.82, 2.24) is 9.97 Å². The summed E-state index contributed by atoms with van der Waals surface area (Å²) in [4.78, 5) is 29.3. The second kappa shape index (κ2) is 3.73. The molecule has 18 heavy (non-hydrogen) atoms. The Labute approximate surface area is 101 Å². The van der Waals surface area contributed by atoms with Crippen molar-refractivity contribution in [3.63, 3.8) is 0 Å². The van der Waals surface area contributed by atoms with Crippen LogP contribution in [0.15, 0.2) is 35.3 Å². The van der Waals surface area contributed by atoms with Gasteiger partial charge in [-0.15, -0.1) is 0 Å². The first-order chi connectivity index (χ1) is 8.70. The molecule has 3 rings (SSSR count). The summed E-state index contributed by atoms with van der Waals surface area (Å²) in [6.07, 6.45) is 1.65. The van der Waals surface area contributed by atoms with E-state index in [0.717, 1.165) is 16.4 Å². The standard InChI is InChI=1S/C13H10N2O3/c1-18-13(17)9-5-7-10(6-14-9)15-8-3-2-4-11(16)12(7)8/h2-6,14-15H,1H3. The topological polar surface area (TPSA) is 75.0 Å². The first-order valence-corrected chi connectivity index (χ1v) is 5.42. The second-order valence-corrected chi connectivity index (χ2v) is 3.97. The lowest BCUT2D eigenvalue weighted by Crippen LogP contribution is -2.03. The van der Waals surface area contributed by atoms with Gasteiger partial charge in [0.1, 0.15) is 5.69 Å². The molecule has 0 aliphatic carbocycles. The number of aromatic nitrogens is 2. The summed E-state index contributed by atoms with van der Waals surface area (Å²) >= 11 is 0. The Morgan fingerprint density at radius 1 is 1.28 bits per heavy atom. The maximum atomic E-state index is 11.9. The second-order valence-electron chi connectivity index (χ2n) is 3.97. The number of nitrogens with one attached hydrogen (secondary N) is 2. The molecule has 90 valence electrons. The summed E-state index contributed by atoms with van der Waals surface area (Å²) in [6.45, 7) is 0. The van der Waals surface area contributed by atoms with Crippen LogP contribution in [0.3, 0.4) is 0 Å². The number of hydrogen-bond acceptors (Lipinski definition) is 3. The number of ether oxygens (including phenoxy) is 1. The number of benzene rings is 1. The summed E-state index contributed by atoms with van der Waals surface area (Å²) in [5, 5.41) is 1.31. The fraction of sp³-hybridized carbons (Fsp3) is 0.0769. The average Bonchev–Trinajstić information content (AvgIpc) is 2.76. The van der Waals surface area contributed by atoms with Crippen LogP contribution in [-0.4, -0.2) is 23.0 Å². The van der Waals surface area contributed by atoms with Crippen LogP contribution < -0.4 is 5.43 Å². The molecular weight excluding hydrogens is 232 g/mol. The van der Waals surface area contributed by atoms with Crippen molar-refractivity contribution >= 4 is 27.8 Å². The van der Waals surface area contributed by atoms with E-state index in [4.69, 9.17) is 0 Å². The molecule has 0 amide bonds. The monoisotopic (exact) mass is 242 g/mol. The Bertz CT molecular complexity index is 814. The normalized spacial score (nSPS) is 10.9. The number of H-pyrrole nitrogens is 2. The van der Waals surface area contributed by atoms with Gasteiger partial charge in [0, 0.05) is 11.6 Å². The van der Waals surface area contributed by atoms with Gasteiger partial charge in [-0.2, -0.15) is 0 Å². The number of carbonyl (C=O) groups excluding carboxylic acids is 1. The average molecular weight is 242 g/mol. The quantitative estimate of drug-likeness (QED) is 0.639. The van der Waals surface area contributed by atoms with Crippen molar-refractivity contribution in [3.05, 3.63) is 46.4 Å². The van der Waals surface area contributed by atoms with Gasteiger partial charge >= 0.3 is 5.97 Å². The maximum Gasteiger partial charge on any atom is 0.354 e. The highest BCUT2D eigenvalue weighted by Gasteiger charge is 2.11. The Kier molecular flexibility index (Phi) is 2.19. The first kappa shape index (κ1) is 10.6. The van der Waals surface area contributed by atoms with Gasteiger partial charge in [-0.05, 0) is 18.2 Å². The Morgan fingerprint density at radius 3 is 2.89 bits per heavy atom. The summed E-state index contributed by atoms with van der Waals surface area (Å²) in [5.41, 5.74) is 1.78. The van der Waals surface area contributed by atoms with Crippen LogP contribution in [0.2, 0.25) is 0 Å². The van der Waals surface area contributed by atoms with E-state index in [9.17, 15) is 9.59 Å². The zero-order valence-corrected chi connectivity index (χ0v) is 9.61. The molecule has 0 aliphatic rings. The van der Waals surface area contributed by atoms with Gasteiger partial charge in [-0.1, -0.05) is 6.07 Å². The van der Waals surface area contributed by atoms with Crippen molar-refractivity contribution in [2.45, 2.75) is 0 Å². The van der Waals surface area contributed by atoms with Crippen LogP contribution in [0.4, 0.5) is 0 Å². The van der Waals surface area contributed by atoms with E-state index in [0.29, 0.717) is 11.1 Å². The summed E-state index contributed by atoms with van der Waals surface area (Å²) in [7, 11) is 1.31. The summed E-state index contributed by atoms with van der Waals surface area (Å²) < 4.78 is 4.65. The van der Waals surface area contributed by atoms with Gasteiger partial charge in [0.15, 0.2) is 5.43 Å². The van der Waals surface area contributed by atoms with Crippen molar-refractivity contribution in [2.24, 2.45) is 0 Å². The van der Waals surface area contributed by atoms with Gasteiger partial charge < -0.3 is 14.7 Å². The zero-order valence-electron chi connectivity index (χ0n) is 9.61. The molecule has 0 aliphatic heterocycles. The van der Waals surface area contributed by atoms with Crippen LogP contribution in [-0.2, 0) is 4.74 Å². The van der Waals surface area contributed by atoms with Crippen LogP contribution in [0, 0.1) is 0 Å². The van der Waals surface area contributed by atoms with Crippen molar-refractivity contribution in [1.29, 1.82) is 0 Å². The van der Waals surface area contributed by atoms with Crippen molar-refractivity contribution in [2.75, 3.05) is 7.11 Å². The van der Waals surface area contributed by atoms with Crippen molar-refractivity contribution in [3.8, 4) is 0 Å². The largest absolute Gasteiger partial charge is 0.464 e. The number of fused-ring (bicyclic) bond motifs is 3. The van der Waals surface area contributed by atoms with Gasteiger partial charge in [0.2, 0.25) is 0 Å². The van der Waals surface area contributed by atoms with Gasteiger partial charge in [-0.3, -0.25) is 4.79 Å². The number of methoxy groups -OCH3 is 1. The number of esters is 1. The van der Waals surface area contributed by atoms with Crippen LogP contribution in [0.5, 0.6) is 0 Å². The lowest BCUT2D eigenvalue weighted by Gasteiger charge is -1.99. The lowest BCUT2D eigenvalue weighted by atomic mass is 10.1. The van der Waals surface area contributed by atoms with Crippen LogP contribution >= 0.6 is 0 Å². The Hall–Kier alpha value is -2.56. The molecule has 0 unspecified atom stereocenters. The van der Waals surface area contributed by atoms with E-state index in [-0.39, 0.29) is 5.43 Å². The molecule has 5 nitrogen and oxygen atoms in total. The third-order valence-electron chi connectivity index (χ3n) is 2.92. The first-order valence-electron chi connectivity index (χ1n) is 5.42. The van der Waals surface area contributed by atoms with Gasteiger partial charge in [0.05, 0.1) is 23.5 Å². The van der Waals surface area contributed by atoms with Crippen LogP contribution in [0.25, 0.3) is 21.8 Å². The predicted octanol–water partition coefficient (Wildman–Crippen LogP) is 1.80. The van der Waals surface area contributed by atoms with E-state index in [1.807, 2.05) is 6.07 Å². The minimum absolute atomic E-state index is 0.0687. The molecule has 2 heterocycles. The molecule has 3 aromatic rings. The van der Waals surface area contributed by atoms with E-state index in [2.05, 4.69) is 14.7 Å². The number of hydrogen-bond donors (Lipinski definition) is 2. The molecule has 0 spiro atoms. The molecule has 2 N–H and O–H groups in total. The highest BCUT2D eigenvalue weighted by Crippen LogP contribution is 2.22. The van der Waals surface area contributed by atoms with E-state index < -0.39 is 5.97 Å². The molecule has 0 saturated carbocycles. The van der Waals surface area contributed by atoms with E-state index >= 15 is 0 Å². The fourth-order valence-electron chi connectivity index (χ4n) is 2.09. The minimum atomic E-state index is -0.463. The smallest absolute Gasteiger partial charge is 0.354 e. The highest BCUT2D eigenvalue weighted by molar-refractivity contribution is 6.08. The van der Waals surface area contributed by atoms with E-state index in [1.54, 1.807) is 18.3 Å². The Morgan fingerprint density at radius 2 is 2.11 bits per heavy atom. The minimum Gasteiger partial charge on any atom is -0.464 e. The summed E-state index contributed by atoms with van der Waals surface area (Å²) in [6, 6.07) is 6.66. The Balaban J connectivity index is 2.42. The number of aromatic amines is 2. The number of pyridine rings is 1. The molecular formula is C13H10N2O3. The lowest BCUT2D eigenvalue weighted by molar-refractivity contribution is 0.0594. The fourth-order valence-corrected chi connectivity index (χ4v) is 2.09. The molecule has 0 bridgehead atoms. The van der Waals surface area contributed by atoms with Crippen LogP contribution in [0.1, 0.15) is 10.5 Å². The third-order valence-corrected chi connectivity index (χ3v) is 2.92. The van der Waals surface area contributed by atoms with Gasteiger partial charge in [-0.25, -0.2) is 4.79 Å². The summed E-state index contributed by atoms with van der Waals surface area (Å²) in [5.74, 6) is -0.463. The third kappa shape index (κ3) is 1.41. The molecule has 5 heteroatoms. The SMILES string of the molecule is COC(=O)c1cc2c(c[nH]1)[nH]c1cccc(=O)c12. The molecule has 0 radical (unpaired) electrons. The zero-order chi connectivity index (χ0) is 12.7. The number of carbonyl (C=O) groups is 1. The highest BCUT2D eigenvalue weighted by atomic mass is 16.5. The van der Waals surface area contributed by atoms with Crippen molar-refractivity contribution < 1.29 is 9.53 Å². The molecule has 0 atom stereocenters. The van der Waals surface area contributed by atoms with E-state index in [1.165, 1.54) is 13.2 Å².